The summed E-state index contributed by atoms with van der Waals surface area (Å²) < 4.78 is 51.2. The van der Waals surface area contributed by atoms with Gasteiger partial charge < -0.3 is 14.6 Å². The number of pyridine rings is 2. The lowest BCUT2D eigenvalue weighted by Crippen LogP contribution is -2.37. The summed E-state index contributed by atoms with van der Waals surface area (Å²) in [7, 11) is -3.49. The molecule has 13 heteroatoms. The van der Waals surface area contributed by atoms with Gasteiger partial charge in [0.2, 0.25) is 0 Å². The van der Waals surface area contributed by atoms with Crippen LogP contribution < -0.4 is 9.44 Å². The zero-order chi connectivity index (χ0) is 25.0. The predicted molar refractivity (Wildman–Crippen MR) is 119 cm³/mol. The van der Waals surface area contributed by atoms with Gasteiger partial charge in [-0.05, 0) is 49.6 Å². The third-order valence-corrected chi connectivity index (χ3v) is 5.26. The van der Waals surface area contributed by atoms with Gasteiger partial charge in [0.1, 0.15) is 11.3 Å². The number of ether oxygens (including phenoxy) is 2. The molecule has 0 saturated carbocycles. The van der Waals surface area contributed by atoms with Gasteiger partial charge in [-0.2, -0.15) is 8.42 Å². The van der Waals surface area contributed by atoms with E-state index in [-0.39, 0.29) is 10.9 Å². The molecule has 3 rings (SSSR count). The standard InChI is InChI=1S/C21H21FN4O7S/c1-11(2)33-21(29)26-34(30,31)25-19-15-9-13(8-12-4-6-14(22)7-5-12)10-23-16(15)18(27)17(24-19)20(28)32-3/h4-7,9-11,27H,8H2,1-3H3,(H,24,25)(H,26,29). The van der Waals surface area contributed by atoms with Crippen molar-refractivity contribution in [3.8, 4) is 5.75 Å². The summed E-state index contributed by atoms with van der Waals surface area (Å²) in [5.74, 6) is -2.45. The molecule has 0 fully saturated rings. The molecule has 0 bridgehead atoms. The van der Waals surface area contributed by atoms with Crippen molar-refractivity contribution < 1.29 is 37.0 Å². The summed E-state index contributed by atoms with van der Waals surface area (Å²) in [6.07, 6.45) is -0.0995. The van der Waals surface area contributed by atoms with E-state index in [1.54, 1.807) is 16.9 Å². The zero-order valence-electron chi connectivity index (χ0n) is 18.3. The van der Waals surface area contributed by atoms with E-state index < -0.39 is 51.5 Å². The predicted octanol–water partition coefficient (Wildman–Crippen LogP) is 2.64. The molecule has 0 aliphatic carbocycles. The Hall–Kier alpha value is -4.00. The fourth-order valence-electron chi connectivity index (χ4n) is 2.97. The molecule has 2 heterocycles. The number of methoxy groups -OCH3 is 1. The maximum Gasteiger partial charge on any atom is 0.422 e. The van der Waals surface area contributed by atoms with Crippen molar-refractivity contribution in [2.24, 2.45) is 0 Å². The van der Waals surface area contributed by atoms with Crippen LogP contribution in [0, 0.1) is 5.82 Å². The van der Waals surface area contributed by atoms with Crippen LogP contribution in [0.3, 0.4) is 0 Å². The van der Waals surface area contributed by atoms with E-state index in [4.69, 9.17) is 4.74 Å². The molecule has 0 spiro atoms. The van der Waals surface area contributed by atoms with Crippen LogP contribution in [0.15, 0.2) is 36.5 Å². The van der Waals surface area contributed by atoms with Gasteiger partial charge in [-0.1, -0.05) is 12.1 Å². The molecule has 0 radical (unpaired) electrons. The summed E-state index contributed by atoms with van der Waals surface area (Å²) in [4.78, 5) is 31.8. The zero-order valence-corrected chi connectivity index (χ0v) is 19.1. The van der Waals surface area contributed by atoms with Gasteiger partial charge in [0.15, 0.2) is 17.3 Å². The maximum absolute atomic E-state index is 13.2. The number of halogens is 1. The number of carbonyl (C=O) groups excluding carboxylic acids is 2. The first-order valence-electron chi connectivity index (χ1n) is 9.84. The molecule has 0 unspecified atom stereocenters. The van der Waals surface area contributed by atoms with Crippen molar-refractivity contribution in [3.05, 3.63) is 59.2 Å². The Morgan fingerprint density at radius 2 is 1.85 bits per heavy atom. The Bertz CT molecular complexity index is 1350. The molecule has 3 aromatic rings. The number of hydrogen-bond donors (Lipinski definition) is 3. The van der Waals surface area contributed by atoms with Gasteiger partial charge in [-0.25, -0.2) is 28.4 Å². The van der Waals surface area contributed by atoms with Crippen molar-refractivity contribution in [2.75, 3.05) is 11.8 Å². The Labute approximate surface area is 194 Å². The monoisotopic (exact) mass is 492 g/mol. The number of rotatable bonds is 7. The summed E-state index contributed by atoms with van der Waals surface area (Å²) in [5.41, 5.74) is 0.585. The molecular weight excluding hydrogens is 471 g/mol. The van der Waals surface area contributed by atoms with Gasteiger partial charge in [0.25, 0.3) is 0 Å². The molecule has 1 amide bonds. The second-order valence-corrected chi connectivity index (χ2v) is 8.77. The fourth-order valence-corrected chi connectivity index (χ4v) is 3.70. The first-order valence-corrected chi connectivity index (χ1v) is 11.3. The highest BCUT2D eigenvalue weighted by Gasteiger charge is 2.24. The van der Waals surface area contributed by atoms with E-state index in [9.17, 15) is 27.5 Å². The van der Waals surface area contributed by atoms with Gasteiger partial charge in [0, 0.05) is 11.6 Å². The Morgan fingerprint density at radius 3 is 2.47 bits per heavy atom. The number of hydrogen-bond acceptors (Lipinski definition) is 9. The van der Waals surface area contributed by atoms with Crippen molar-refractivity contribution >= 4 is 39.0 Å². The number of nitrogens with one attached hydrogen (secondary N) is 2. The normalized spacial score (nSPS) is 11.3. The highest BCUT2D eigenvalue weighted by molar-refractivity contribution is 7.91. The minimum absolute atomic E-state index is 0.0346. The number of anilines is 1. The number of esters is 1. The Morgan fingerprint density at radius 1 is 1.18 bits per heavy atom. The van der Waals surface area contributed by atoms with E-state index in [0.29, 0.717) is 12.0 Å². The van der Waals surface area contributed by atoms with Crippen LogP contribution in [0.5, 0.6) is 5.75 Å². The average Bonchev–Trinajstić information content (AvgIpc) is 2.75. The Balaban J connectivity index is 2.06. The minimum atomic E-state index is -4.55. The average molecular weight is 492 g/mol. The number of aromatic hydroxyl groups is 1. The largest absolute Gasteiger partial charge is 0.504 e. The van der Waals surface area contributed by atoms with Crippen molar-refractivity contribution in [3.63, 3.8) is 0 Å². The lowest BCUT2D eigenvalue weighted by molar-refractivity contribution is 0.0590. The van der Waals surface area contributed by atoms with Crippen molar-refractivity contribution in [2.45, 2.75) is 26.4 Å². The second kappa shape index (κ2) is 9.87. The molecule has 0 aliphatic rings. The molecule has 0 saturated heterocycles. The number of amides is 1. The van der Waals surface area contributed by atoms with Crippen LogP contribution in [0.25, 0.3) is 10.9 Å². The molecule has 180 valence electrons. The molecular formula is C21H21FN4O7S. The van der Waals surface area contributed by atoms with Crippen LogP contribution in [0.2, 0.25) is 0 Å². The molecule has 3 N–H and O–H groups in total. The van der Waals surface area contributed by atoms with E-state index >= 15 is 0 Å². The van der Waals surface area contributed by atoms with Crippen molar-refractivity contribution in [1.82, 2.24) is 14.7 Å². The van der Waals surface area contributed by atoms with E-state index in [1.807, 2.05) is 0 Å². The molecule has 34 heavy (non-hydrogen) atoms. The van der Waals surface area contributed by atoms with E-state index in [2.05, 4.69) is 19.4 Å². The second-order valence-electron chi connectivity index (χ2n) is 7.35. The highest BCUT2D eigenvalue weighted by Crippen LogP contribution is 2.32. The van der Waals surface area contributed by atoms with E-state index in [1.165, 1.54) is 38.2 Å². The molecule has 11 nitrogen and oxygen atoms in total. The molecule has 1 aromatic carbocycles. The van der Waals surface area contributed by atoms with Gasteiger partial charge in [-0.3, -0.25) is 4.98 Å². The fraction of sp³-hybridized carbons (Fsp3) is 0.238. The lowest BCUT2D eigenvalue weighted by Gasteiger charge is -2.14. The topological polar surface area (TPSA) is 157 Å². The number of carbonyl (C=O) groups is 2. The number of benzene rings is 1. The highest BCUT2D eigenvalue weighted by atomic mass is 32.2. The summed E-state index contributed by atoms with van der Waals surface area (Å²) >= 11 is 0. The van der Waals surface area contributed by atoms with Crippen LogP contribution >= 0.6 is 0 Å². The minimum Gasteiger partial charge on any atom is -0.504 e. The molecule has 0 atom stereocenters. The maximum atomic E-state index is 13.2. The SMILES string of the molecule is COC(=O)c1nc(NS(=O)(=O)NC(=O)OC(C)C)c2cc(Cc3ccc(F)cc3)cnc2c1O. The van der Waals surface area contributed by atoms with Gasteiger partial charge >= 0.3 is 22.3 Å². The number of nitrogens with zero attached hydrogens (tertiary/aromatic N) is 2. The third kappa shape index (κ3) is 5.86. The van der Waals surface area contributed by atoms with Crippen molar-refractivity contribution in [1.29, 1.82) is 0 Å². The Kier molecular flexibility index (Phi) is 7.15. The number of aromatic nitrogens is 2. The van der Waals surface area contributed by atoms with Crippen LogP contribution in [0.1, 0.15) is 35.5 Å². The van der Waals surface area contributed by atoms with Crippen LogP contribution in [-0.2, 0) is 26.1 Å². The molecule has 2 aromatic heterocycles. The quantitative estimate of drug-likeness (QED) is 0.422. The van der Waals surface area contributed by atoms with Crippen LogP contribution in [0.4, 0.5) is 15.0 Å². The molecule has 0 aliphatic heterocycles. The van der Waals surface area contributed by atoms with E-state index in [0.717, 1.165) is 12.7 Å². The van der Waals surface area contributed by atoms with Crippen LogP contribution in [-0.4, -0.2) is 48.8 Å². The third-order valence-electron chi connectivity index (χ3n) is 4.36. The van der Waals surface area contributed by atoms with Gasteiger partial charge in [0.05, 0.1) is 13.2 Å². The smallest absolute Gasteiger partial charge is 0.422 e. The summed E-state index contributed by atoms with van der Waals surface area (Å²) in [5, 5.41) is 10.5. The first kappa shape index (κ1) is 24.6. The lowest BCUT2D eigenvalue weighted by atomic mass is 10.0. The summed E-state index contributed by atoms with van der Waals surface area (Å²) in [6.45, 7) is 3.07. The first-order chi connectivity index (χ1) is 16.0. The van der Waals surface area contributed by atoms with Gasteiger partial charge in [-0.15, -0.1) is 0 Å². The number of fused-ring (bicyclic) bond motifs is 1. The summed E-state index contributed by atoms with van der Waals surface area (Å²) in [6, 6.07) is 7.22.